The molecule has 1 aliphatic carbocycles. The lowest BCUT2D eigenvalue weighted by atomic mass is 9.86. The molecule has 0 amide bonds. The molecule has 0 unspecified atom stereocenters. The number of hydrogen-bond donors (Lipinski definition) is 1. The normalized spacial score (nSPS) is 17.1. The fourth-order valence-electron chi connectivity index (χ4n) is 1.87. The predicted octanol–water partition coefficient (Wildman–Crippen LogP) is 0.795. The average molecular weight is 256 g/mol. The van der Waals surface area contributed by atoms with Crippen molar-refractivity contribution in [3.05, 3.63) is 28.7 Å². The van der Waals surface area contributed by atoms with Crippen LogP contribution in [0.1, 0.15) is 19.3 Å². The number of aromatic amines is 1. The Labute approximate surface area is 101 Å². The van der Waals surface area contributed by atoms with Gasteiger partial charge in [0.15, 0.2) is 0 Å². The van der Waals surface area contributed by atoms with Crippen molar-refractivity contribution in [3.8, 4) is 0 Å². The molecule has 1 N–H and O–H groups in total. The molecular formula is C11H16N2O3S. The molecule has 0 saturated heterocycles. The summed E-state index contributed by atoms with van der Waals surface area (Å²) in [6.45, 7) is 0.557. The van der Waals surface area contributed by atoms with E-state index in [1.54, 1.807) is 7.05 Å². The zero-order valence-electron chi connectivity index (χ0n) is 9.72. The van der Waals surface area contributed by atoms with E-state index in [-0.39, 0.29) is 10.5 Å². The third-order valence-corrected chi connectivity index (χ3v) is 5.02. The number of nitrogens with one attached hydrogen (secondary N) is 1. The Morgan fingerprint density at radius 2 is 2.12 bits per heavy atom. The van der Waals surface area contributed by atoms with E-state index >= 15 is 0 Å². The maximum Gasteiger partial charge on any atom is 0.247 e. The monoisotopic (exact) mass is 256 g/mol. The van der Waals surface area contributed by atoms with Crippen LogP contribution in [0, 0.1) is 5.92 Å². The molecule has 17 heavy (non-hydrogen) atoms. The maximum absolute atomic E-state index is 12.1. The van der Waals surface area contributed by atoms with Gasteiger partial charge < -0.3 is 4.98 Å². The Morgan fingerprint density at radius 3 is 2.59 bits per heavy atom. The number of pyridine rings is 1. The smallest absolute Gasteiger partial charge is 0.247 e. The van der Waals surface area contributed by atoms with Gasteiger partial charge in [0, 0.05) is 25.9 Å². The number of rotatable bonds is 4. The molecule has 0 bridgehead atoms. The summed E-state index contributed by atoms with van der Waals surface area (Å²) in [5.41, 5.74) is -0.300. The van der Waals surface area contributed by atoms with Crippen LogP contribution >= 0.6 is 0 Å². The van der Waals surface area contributed by atoms with Crippen LogP contribution in [0.5, 0.6) is 0 Å². The first kappa shape index (κ1) is 12.3. The molecule has 1 aromatic rings. The lowest BCUT2D eigenvalue weighted by Crippen LogP contribution is -2.34. The van der Waals surface area contributed by atoms with Crippen molar-refractivity contribution in [2.45, 2.75) is 24.2 Å². The van der Waals surface area contributed by atoms with Gasteiger partial charge in [0.25, 0.3) is 0 Å². The summed E-state index contributed by atoms with van der Waals surface area (Å²) >= 11 is 0. The van der Waals surface area contributed by atoms with Crippen molar-refractivity contribution < 1.29 is 8.42 Å². The van der Waals surface area contributed by atoms with Crippen molar-refractivity contribution in [2.24, 2.45) is 5.92 Å². The van der Waals surface area contributed by atoms with Crippen LogP contribution in [0.15, 0.2) is 28.0 Å². The van der Waals surface area contributed by atoms with Gasteiger partial charge in [-0.3, -0.25) is 4.79 Å². The lowest BCUT2D eigenvalue weighted by Gasteiger charge is -2.29. The minimum Gasteiger partial charge on any atom is -0.328 e. The fourth-order valence-corrected chi connectivity index (χ4v) is 3.09. The average Bonchev–Trinajstić information content (AvgIpc) is 2.23. The largest absolute Gasteiger partial charge is 0.328 e. The van der Waals surface area contributed by atoms with Gasteiger partial charge in [-0.2, -0.15) is 0 Å². The van der Waals surface area contributed by atoms with Gasteiger partial charge in [0.2, 0.25) is 15.6 Å². The van der Waals surface area contributed by atoms with E-state index in [4.69, 9.17) is 0 Å². The van der Waals surface area contributed by atoms with E-state index in [0.29, 0.717) is 12.5 Å². The molecule has 94 valence electrons. The Bertz CT molecular complexity index is 526. The van der Waals surface area contributed by atoms with E-state index in [0.717, 1.165) is 12.8 Å². The number of nitrogens with zero attached hydrogens (tertiary/aromatic N) is 1. The van der Waals surface area contributed by atoms with E-state index in [9.17, 15) is 13.2 Å². The summed E-state index contributed by atoms with van der Waals surface area (Å²) in [5.74, 6) is 0.484. The molecule has 0 aliphatic heterocycles. The molecule has 0 atom stereocenters. The fraction of sp³-hybridized carbons (Fsp3) is 0.545. The Balaban J connectivity index is 2.16. The van der Waals surface area contributed by atoms with Gasteiger partial charge in [-0.25, -0.2) is 12.7 Å². The van der Waals surface area contributed by atoms with Crippen LogP contribution < -0.4 is 5.56 Å². The summed E-state index contributed by atoms with van der Waals surface area (Å²) in [6, 6.07) is 2.56. The molecule has 2 rings (SSSR count). The van der Waals surface area contributed by atoms with Crippen molar-refractivity contribution in [1.29, 1.82) is 0 Å². The Hall–Kier alpha value is -1.14. The third-order valence-electron chi connectivity index (χ3n) is 3.20. The Morgan fingerprint density at radius 1 is 1.41 bits per heavy atom. The number of hydrogen-bond acceptors (Lipinski definition) is 3. The zero-order valence-corrected chi connectivity index (χ0v) is 10.5. The minimum absolute atomic E-state index is 0.138. The van der Waals surface area contributed by atoms with Crippen LogP contribution in [0.25, 0.3) is 0 Å². The number of aromatic nitrogens is 1. The molecule has 5 nitrogen and oxygen atoms in total. The van der Waals surface area contributed by atoms with Crippen LogP contribution in [-0.2, 0) is 10.0 Å². The second-order valence-electron chi connectivity index (χ2n) is 4.47. The second-order valence-corrected chi connectivity index (χ2v) is 6.52. The number of sulfonamides is 1. The molecule has 1 heterocycles. The van der Waals surface area contributed by atoms with Crippen molar-refractivity contribution >= 4 is 10.0 Å². The quantitative estimate of drug-likeness (QED) is 0.866. The highest BCUT2D eigenvalue weighted by atomic mass is 32.2. The molecule has 0 spiro atoms. The van der Waals surface area contributed by atoms with Gasteiger partial charge in [-0.1, -0.05) is 6.42 Å². The first-order valence-corrected chi connectivity index (χ1v) is 7.09. The molecule has 1 fully saturated rings. The summed E-state index contributed by atoms with van der Waals surface area (Å²) in [5, 5.41) is 0. The summed E-state index contributed by atoms with van der Waals surface area (Å²) in [6.07, 6.45) is 4.64. The standard InChI is InChI=1S/C11H16N2O3S/c1-13(8-9-3-2-4-9)17(15,16)10-5-6-11(14)12-7-10/h5-7,9H,2-4,8H2,1H3,(H,12,14). The van der Waals surface area contributed by atoms with Gasteiger partial charge in [0.1, 0.15) is 0 Å². The topological polar surface area (TPSA) is 70.2 Å². The summed E-state index contributed by atoms with van der Waals surface area (Å²) < 4.78 is 25.6. The molecule has 0 aromatic carbocycles. The summed E-state index contributed by atoms with van der Waals surface area (Å²) in [4.78, 5) is 13.4. The van der Waals surface area contributed by atoms with Crippen molar-refractivity contribution in [2.75, 3.05) is 13.6 Å². The SMILES string of the molecule is CN(CC1CCC1)S(=O)(=O)c1ccc(=O)[nH]c1. The molecule has 0 radical (unpaired) electrons. The molecule has 6 heteroatoms. The van der Waals surface area contributed by atoms with Gasteiger partial charge >= 0.3 is 0 Å². The van der Waals surface area contributed by atoms with E-state index in [1.807, 2.05) is 0 Å². The zero-order chi connectivity index (χ0) is 12.5. The predicted molar refractivity (Wildman–Crippen MR) is 64.2 cm³/mol. The van der Waals surface area contributed by atoms with E-state index < -0.39 is 10.0 Å². The first-order valence-electron chi connectivity index (χ1n) is 5.65. The van der Waals surface area contributed by atoms with Crippen molar-refractivity contribution in [1.82, 2.24) is 9.29 Å². The van der Waals surface area contributed by atoms with Crippen LogP contribution in [-0.4, -0.2) is 31.3 Å². The highest BCUT2D eigenvalue weighted by Crippen LogP contribution is 2.28. The molecule has 1 aromatic heterocycles. The van der Waals surface area contributed by atoms with Crippen LogP contribution in [0.2, 0.25) is 0 Å². The highest BCUT2D eigenvalue weighted by molar-refractivity contribution is 7.89. The van der Waals surface area contributed by atoms with E-state index in [1.165, 1.54) is 29.1 Å². The Kier molecular flexibility index (Phi) is 3.35. The molecular weight excluding hydrogens is 240 g/mol. The van der Waals surface area contributed by atoms with Gasteiger partial charge in [-0.05, 0) is 24.8 Å². The van der Waals surface area contributed by atoms with E-state index in [2.05, 4.69) is 4.98 Å². The highest BCUT2D eigenvalue weighted by Gasteiger charge is 2.26. The maximum atomic E-state index is 12.1. The van der Waals surface area contributed by atoms with Crippen LogP contribution in [0.3, 0.4) is 0 Å². The molecule has 1 saturated carbocycles. The lowest BCUT2D eigenvalue weighted by molar-refractivity contribution is 0.263. The third kappa shape index (κ3) is 2.58. The van der Waals surface area contributed by atoms with Crippen LogP contribution in [0.4, 0.5) is 0 Å². The van der Waals surface area contributed by atoms with Crippen molar-refractivity contribution in [3.63, 3.8) is 0 Å². The second kappa shape index (κ2) is 4.62. The molecule has 1 aliphatic rings. The van der Waals surface area contributed by atoms with Gasteiger partial charge in [-0.15, -0.1) is 0 Å². The summed E-state index contributed by atoms with van der Waals surface area (Å²) in [7, 11) is -1.88. The first-order chi connectivity index (χ1) is 8.00. The van der Waals surface area contributed by atoms with Gasteiger partial charge in [0.05, 0.1) is 4.90 Å². The minimum atomic E-state index is -3.46. The number of H-pyrrole nitrogens is 1.